The molecule has 134 valence electrons. The largest absolute Gasteiger partial charge is 0.441 e. The van der Waals surface area contributed by atoms with Crippen LogP contribution in [-0.4, -0.2) is 16.9 Å². The Hall–Kier alpha value is -1.81. The smallest absolute Gasteiger partial charge is 0.220 e. The SMILES string of the molecule is O=C(CCc1ncc(-c2ccccc2Cl)o1)NC1CCCCCCC1. The summed E-state index contributed by atoms with van der Waals surface area (Å²) in [6.07, 6.45) is 11.1. The molecule has 1 aliphatic rings. The number of hydrogen-bond donors (Lipinski definition) is 1. The Morgan fingerprint density at radius 3 is 2.64 bits per heavy atom. The van der Waals surface area contributed by atoms with E-state index in [9.17, 15) is 4.79 Å². The predicted octanol–water partition coefficient (Wildman–Crippen LogP) is 5.16. The third-order valence-corrected chi connectivity index (χ3v) is 5.06. The Kier molecular flexibility index (Phi) is 6.51. The van der Waals surface area contributed by atoms with Gasteiger partial charge in [-0.05, 0) is 25.0 Å². The van der Waals surface area contributed by atoms with Gasteiger partial charge in [-0.3, -0.25) is 4.79 Å². The van der Waals surface area contributed by atoms with Gasteiger partial charge in [0.25, 0.3) is 0 Å². The molecule has 1 heterocycles. The van der Waals surface area contributed by atoms with Crippen molar-refractivity contribution in [2.75, 3.05) is 0 Å². The zero-order valence-electron chi connectivity index (χ0n) is 14.5. The third-order valence-electron chi connectivity index (χ3n) is 4.73. The first-order chi connectivity index (χ1) is 12.2. The molecule has 1 aromatic heterocycles. The molecule has 1 N–H and O–H groups in total. The molecule has 1 fully saturated rings. The molecule has 0 aliphatic heterocycles. The van der Waals surface area contributed by atoms with Crippen LogP contribution in [0.15, 0.2) is 34.9 Å². The highest BCUT2D eigenvalue weighted by Gasteiger charge is 2.15. The average molecular weight is 361 g/mol. The molecule has 1 aliphatic carbocycles. The van der Waals surface area contributed by atoms with E-state index in [1.165, 1.54) is 32.1 Å². The molecule has 0 atom stereocenters. The van der Waals surface area contributed by atoms with Crippen LogP contribution in [0.1, 0.15) is 57.3 Å². The molecular formula is C20H25ClN2O2. The highest BCUT2D eigenvalue weighted by Crippen LogP contribution is 2.28. The van der Waals surface area contributed by atoms with Crippen LogP contribution in [0.3, 0.4) is 0 Å². The van der Waals surface area contributed by atoms with E-state index in [0.717, 1.165) is 18.4 Å². The van der Waals surface area contributed by atoms with Gasteiger partial charge in [-0.15, -0.1) is 0 Å². The zero-order chi connectivity index (χ0) is 17.5. The van der Waals surface area contributed by atoms with Crippen LogP contribution in [0.25, 0.3) is 11.3 Å². The van der Waals surface area contributed by atoms with E-state index >= 15 is 0 Å². The Morgan fingerprint density at radius 2 is 1.88 bits per heavy atom. The van der Waals surface area contributed by atoms with Crippen LogP contribution in [0.2, 0.25) is 5.02 Å². The fraction of sp³-hybridized carbons (Fsp3) is 0.500. The van der Waals surface area contributed by atoms with Gasteiger partial charge < -0.3 is 9.73 Å². The number of carbonyl (C=O) groups is 1. The topological polar surface area (TPSA) is 55.1 Å². The van der Waals surface area contributed by atoms with Crippen LogP contribution >= 0.6 is 11.6 Å². The maximum absolute atomic E-state index is 12.2. The highest BCUT2D eigenvalue weighted by molar-refractivity contribution is 6.33. The molecule has 2 aromatic rings. The zero-order valence-corrected chi connectivity index (χ0v) is 15.2. The van der Waals surface area contributed by atoms with E-state index in [4.69, 9.17) is 16.0 Å². The molecule has 4 nitrogen and oxygen atoms in total. The Balaban J connectivity index is 1.50. The van der Waals surface area contributed by atoms with Crippen LogP contribution in [0.4, 0.5) is 0 Å². The van der Waals surface area contributed by atoms with E-state index in [0.29, 0.717) is 35.6 Å². The van der Waals surface area contributed by atoms with Gasteiger partial charge in [-0.25, -0.2) is 4.98 Å². The molecule has 25 heavy (non-hydrogen) atoms. The minimum absolute atomic E-state index is 0.0862. The first-order valence-corrected chi connectivity index (χ1v) is 9.59. The van der Waals surface area contributed by atoms with Gasteiger partial charge in [-0.2, -0.15) is 0 Å². The van der Waals surface area contributed by atoms with Crippen molar-refractivity contribution in [3.05, 3.63) is 41.4 Å². The number of nitrogens with one attached hydrogen (secondary N) is 1. The van der Waals surface area contributed by atoms with Crippen molar-refractivity contribution < 1.29 is 9.21 Å². The molecule has 0 saturated heterocycles. The second-order valence-electron chi connectivity index (χ2n) is 6.71. The molecule has 0 spiro atoms. The fourth-order valence-electron chi connectivity index (χ4n) is 3.33. The number of aromatic nitrogens is 1. The summed E-state index contributed by atoms with van der Waals surface area (Å²) in [5, 5.41) is 3.81. The molecule has 1 aromatic carbocycles. The number of halogens is 1. The lowest BCUT2D eigenvalue weighted by molar-refractivity contribution is -0.122. The van der Waals surface area contributed by atoms with Crippen molar-refractivity contribution in [3.8, 4) is 11.3 Å². The van der Waals surface area contributed by atoms with Gasteiger partial charge in [-0.1, -0.05) is 55.8 Å². The summed E-state index contributed by atoms with van der Waals surface area (Å²) >= 11 is 6.18. The second kappa shape index (κ2) is 9.04. The van der Waals surface area contributed by atoms with Crippen LogP contribution < -0.4 is 5.32 Å². The molecule has 0 radical (unpaired) electrons. The predicted molar refractivity (Wildman–Crippen MR) is 99.5 cm³/mol. The summed E-state index contributed by atoms with van der Waals surface area (Å²) in [4.78, 5) is 16.5. The molecule has 1 saturated carbocycles. The Labute approximate surface area is 154 Å². The number of rotatable bonds is 5. The minimum Gasteiger partial charge on any atom is -0.441 e. The van der Waals surface area contributed by atoms with Crippen molar-refractivity contribution in [1.82, 2.24) is 10.3 Å². The summed E-state index contributed by atoms with van der Waals surface area (Å²) in [5.74, 6) is 1.30. The van der Waals surface area contributed by atoms with Crippen molar-refractivity contribution in [1.29, 1.82) is 0 Å². The second-order valence-corrected chi connectivity index (χ2v) is 7.11. The summed E-state index contributed by atoms with van der Waals surface area (Å²) in [6, 6.07) is 7.83. The number of hydrogen-bond acceptors (Lipinski definition) is 3. The Morgan fingerprint density at radius 1 is 1.16 bits per heavy atom. The van der Waals surface area contributed by atoms with Crippen molar-refractivity contribution in [2.24, 2.45) is 0 Å². The lowest BCUT2D eigenvalue weighted by atomic mass is 9.96. The average Bonchev–Trinajstić information content (AvgIpc) is 3.04. The maximum atomic E-state index is 12.2. The van der Waals surface area contributed by atoms with Crippen molar-refractivity contribution >= 4 is 17.5 Å². The lowest BCUT2D eigenvalue weighted by Gasteiger charge is -2.20. The molecule has 5 heteroatoms. The number of carbonyl (C=O) groups excluding carboxylic acids is 1. The summed E-state index contributed by atoms with van der Waals surface area (Å²) in [5.41, 5.74) is 0.821. The van der Waals surface area contributed by atoms with Gasteiger partial charge in [0.05, 0.1) is 11.2 Å². The van der Waals surface area contributed by atoms with E-state index in [2.05, 4.69) is 10.3 Å². The number of nitrogens with zero attached hydrogens (tertiary/aromatic N) is 1. The minimum atomic E-state index is 0.0862. The van der Waals surface area contributed by atoms with Gasteiger partial charge in [0.2, 0.25) is 5.91 Å². The first kappa shape index (κ1) is 18.0. The number of aryl methyl sites for hydroxylation is 1. The quantitative estimate of drug-likeness (QED) is 0.801. The Bertz CT molecular complexity index is 691. The maximum Gasteiger partial charge on any atom is 0.220 e. The number of benzene rings is 1. The van der Waals surface area contributed by atoms with Crippen LogP contribution in [-0.2, 0) is 11.2 Å². The van der Waals surface area contributed by atoms with Gasteiger partial charge >= 0.3 is 0 Å². The standard InChI is InChI=1S/C20H25ClN2O2/c21-17-11-7-6-10-16(17)18-14-22-20(25-18)13-12-19(24)23-15-8-4-2-1-3-5-9-15/h6-7,10-11,14-15H,1-5,8-9,12-13H2,(H,23,24). The molecule has 1 amide bonds. The molecule has 0 bridgehead atoms. The third kappa shape index (κ3) is 5.33. The van der Waals surface area contributed by atoms with Gasteiger partial charge in [0.15, 0.2) is 11.7 Å². The van der Waals surface area contributed by atoms with Gasteiger partial charge in [0, 0.05) is 24.4 Å². The summed E-state index contributed by atoms with van der Waals surface area (Å²) < 4.78 is 5.75. The fourth-order valence-corrected chi connectivity index (χ4v) is 3.56. The molecule has 3 rings (SSSR count). The molecule has 0 unspecified atom stereocenters. The first-order valence-electron chi connectivity index (χ1n) is 9.21. The van der Waals surface area contributed by atoms with Crippen molar-refractivity contribution in [3.63, 3.8) is 0 Å². The van der Waals surface area contributed by atoms with E-state index in [1.807, 2.05) is 24.3 Å². The highest BCUT2D eigenvalue weighted by atomic mass is 35.5. The van der Waals surface area contributed by atoms with E-state index in [-0.39, 0.29) is 5.91 Å². The summed E-state index contributed by atoms with van der Waals surface area (Å²) in [7, 11) is 0. The monoisotopic (exact) mass is 360 g/mol. The normalized spacial score (nSPS) is 16.2. The molecular weight excluding hydrogens is 336 g/mol. The number of oxazole rings is 1. The number of amides is 1. The van der Waals surface area contributed by atoms with E-state index in [1.54, 1.807) is 6.20 Å². The lowest BCUT2D eigenvalue weighted by Crippen LogP contribution is -2.35. The van der Waals surface area contributed by atoms with Gasteiger partial charge in [0.1, 0.15) is 0 Å². The van der Waals surface area contributed by atoms with Crippen molar-refractivity contribution in [2.45, 2.75) is 63.8 Å². The van der Waals surface area contributed by atoms with Crippen LogP contribution in [0, 0.1) is 0 Å². The van der Waals surface area contributed by atoms with Crippen LogP contribution in [0.5, 0.6) is 0 Å². The summed E-state index contributed by atoms with van der Waals surface area (Å²) in [6.45, 7) is 0. The van der Waals surface area contributed by atoms with E-state index < -0.39 is 0 Å².